The number of benzene rings is 2. The Hall–Kier alpha value is -4.53. The third kappa shape index (κ3) is 3.97. The number of hydrogen-bond donors (Lipinski definition) is 3. The number of rotatable bonds is 4. The molecular formula is C22H17N7O2. The molecule has 2 aromatic heterocycles. The van der Waals surface area contributed by atoms with Crippen molar-refractivity contribution < 1.29 is 9.53 Å². The molecule has 0 aliphatic carbocycles. The normalized spacial score (nSPS) is 11.7. The number of nitrogens with zero attached hydrogens (tertiary/aromatic N) is 4. The van der Waals surface area contributed by atoms with Crippen LogP contribution in [-0.4, -0.2) is 25.8 Å². The number of aromatic nitrogens is 4. The van der Waals surface area contributed by atoms with Crippen LogP contribution in [0.2, 0.25) is 0 Å². The monoisotopic (exact) mass is 411 g/mol. The highest BCUT2D eigenvalue weighted by atomic mass is 16.5. The summed E-state index contributed by atoms with van der Waals surface area (Å²) in [6.07, 6.45) is 4.55. The molecular weight excluding hydrogens is 394 g/mol. The van der Waals surface area contributed by atoms with E-state index in [1.807, 2.05) is 30.3 Å². The summed E-state index contributed by atoms with van der Waals surface area (Å²) in [6, 6.07) is 16.6. The second kappa shape index (κ2) is 8.07. The molecule has 152 valence electrons. The predicted octanol–water partition coefficient (Wildman–Crippen LogP) is 3.98. The van der Waals surface area contributed by atoms with E-state index in [2.05, 4.69) is 35.9 Å². The van der Waals surface area contributed by atoms with Gasteiger partial charge >= 0.3 is 0 Å². The number of carbonyl (C=O) groups is 1. The molecule has 0 bridgehead atoms. The Morgan fingerprint density at radius 2 is 1.71 bits per heavy atom. The quantitative estimate of drug-likeness (QED) is 0.462. The number of anilines is 4. The Bertz CT molecular complexity index is 1230. The van der Waals surface area contributed by atoms with Crippen LogP contribution in [0.25, 0.3) is 0 Å². The van der Waals surface area contributed by atoms with E-state index in [1.165, 1.54) is 6.33 Å². The van der Waals surface area contributed by atoms with Gasteiger partial charge in [-0.3, -0.25) is 10.1 Å². The molecule has 4 aromatic rings. The molecule has 0 atom stereocenters. The predicted molar refractivity (Wildman–Crippen MR) is 116 cm³/mol. The van der Waals surface area contributed by atoms with Crippen LogP contribution in [-0.2, 0) is 6.54 Å². The summed E-state index contributed by atoms with van der Waals surface area (Å²) in [7, 11) is 0. The van der Waals surface area contributed by atoms with Gasteiger partial charge in [-0.25, -0.2) is 15.0 Å². The van der Waals surface area contributed by atoms with Gasteiger partial charge in [0.05, 0.1) is 18.1 Å². The minimum absolute atomic E-state index is 0.206. The maximum atomic E-state index is 12.2. The lowest BCUT2D eigenvalue weighted by Crippen LogP contribution is -2.14. The highest BCUT2D eigenvalue weighted by Gasteiger charge is 2.19. The molecule has 3 heterocycles. The zero-order chi connectivity index (χ0) is 21.0. The Morgan fingerprint density at radius 3 is 2.55 bits per heavy atom. The molecule has 2 aromatic carbocycles. The minimum Gasteiger partial charge on any atom is -0.437 e. The summed E-state index contributed by atoms with van der Waals surface area (Å²) in [6.45, 7) is 0.576. The van der Waals surface area contributed by atoms with Crippen molar-refractivity contribution in [2.75, 3.05) is 16.0 Å². The number of para-hydroxylation sites is 1. The standard InChI is InChI=1S/C22H17N7O2/c30-20(14-6-2-1-3-7-14)29-22-24-11-16(12-25-22)28-19-18-21(27-13-26-19)31-17-9-5-4-8-15(17)10-23-18/h1-9,11-13,23H,10H2,(H,26,27,28)(H,24,25,29,30). The van der Waals surface area contributed by atoms with Gasteiger partial charge in [0.1, 0.15) is 17.8 Å². The van der Waals surface area contributed by atoms with Crippen molar-refractivity contribution in [3.8, 4) is 11.6 Å². The first-order chi connectivity index (χ1) is 15.3. The number of amides is 1. The zero-order valence-electron chi connectivity index (χ0n) is 16.2. The Kier molecular flexibility index (Phi) is 4.82. The topological polar surface area (TPSA) is 114 Å². The fourth-order valence-electron chi connectivity index (χ4n) is 3.10. The first-order valence-electron chi connectivity index (χ1n) is 9.56. The highest BCUT2D eigenvalue weighted by Crippen LogP contribution is 2.37. The summed E-state index contributed by atoms with van der Waals surface area (Å²) in [5.74, 6) is 1.64. The van der Waals surface area contributed by atoms with Gasteiger partial charge in [0.2, 0.25) is 11.8 Å². The molecule has 3 N–H and O–H groups in total. The number of hydrogen-bond acceptors (Lipinski definition) is 8. The summed E-state index contributed by atoms with van der Waals surface area (Å²) in [5.41, 5.74) is 2.79. The number of ether oxygens (including phenoxy) is 1. The minimum atomic E-state index is -0.275. The third-order valence-corrected chi connectivity index (χ3v) is 4.62. The fourth-order valence-corrected chi connectivity index (χ4v) is 3.10. The van der Waals surface area contributed by atoms with Crippen molar-refractivity contribution >= 4 is 29.0 Å². The van der Waals surface area contributed by atoms with Crippen LogP contribution in [0.5, 0.6) is 11.6 Å². The van der Waals surface area contributed by atoms with E-state index in [4.69, 9.17) is 4.74 Å². The Balaban J connectivity index is 1.32. The second-order valence-corrected chi connectivity index (χ2v) is 6.71. The van der Waals surface area contributed by atoms with Crippen molar-refractivity contribution in [2.24, 2.45) is 0 Å². The average molecular weight is 411 g/mol. The molecule has 0 radical (unpaired) electrons. The Labute approximate surface area is 177 Å². The van der Waals surface area contributed by atoms with Gasteiger partial charge in [0, 0.05) is 17.7 Å². The summed E-state index contributed by atoms with van der Waals surface area (Å²) in [5, 5.41) is 9.15. The second-order valence-electron chi connectivity index (χ2n) is 6.71. The van der Waals surface area contributed by atoms with Gasteiger partial charge in [-0.1, -0.05) is 36.4 Å². The number of nitrogens with one attached hydrogen (secondary N) is 3. The average Bonchev–Trinajstić information content (AvgIpc) is 3.01. The lowest BCUT2D eigenvalue weighted by Gasteiger charge is -2.12. The van der Waals surface area contributed by atoms with E-state index >= 15 is 0 Å². The van der Waals surface area contributed by atoms with Crippen molar-refractivity contribution in [3.05, 3.63) is 84.4 Å². The molecule has 0 fully saturated rings. The van der Waals surface area contributed by atoms with Crippen LogP contribution >= 0.6 is 0 Å². The molecule has 0 saturated carbocycles. The van der Waals surface area contributed by atoms with Crippen LogP contribution in [0, 0.1) is 0 Å². The summed E-state index contributed by atoms with van der Waals surface area (Å²) in [4.78, 5) is 29.2. The molecule has 1 aliphatic rings. The van der Waals surface area contributed by atoms with Crippen LogP contribution in [0.15, 0.2) is 73.3 Å². The largest absolute Gasteiger partial charge is 0.437 e. The van der Waals surface area contributed by atoms with E-state index in [1.54, 1.807) is 36.7 Å². The van der Waals surface area contributed by atoms with Gasteiger partial charge < -0.3 is 15.4 Å². The van der Waals surface area contributed by atoms with Crippen LogP contribution in [0.3, 0.4) is 0 Å². The first-order valence-corrected chi connectivity index (χ1v) is 9.56. The molecule has 9 heteroatoms. The summed E-state index contributed by atoms with van der Waals surface area (Å²) >= 11 is 0. The van der Waals surface area contributed by atoms with Crippen LogP contribution in [0.4, 0.5) is 23.1 Å². The lowest BCUT2D eigenvalue weighted by molar-refractivity contribution is 0.102. The van der Waals surface area contributed by atoms with E-state index < -0.39 is 0 Å². The third-order valence-electron chi connectivity index (χ3n) is 4.62. The van der Waals surface area contributed by atoms with Crippen molar-refractivity contribution in [1.29, 1.82) is 0 Å². The molecule has 0 unspecified atom stereocenters. The van der Waals surface area contributed by atoms with E-state index in [0.29, 0.717) is 35.2 Å². The lowest BCUT2D eigenvalue weighted by atomic mass is 10.2. The zero-order valence-corrected chi connectivity index (χ0v) is 16.2. The summed E-state index contributed by atoms with van der Waals surface area (Å²) < 4.78 is 5.95. The molecule has 9 nitrogen and oxygen atoms in total. The van der Waals surface area contributed by atoms with Gasteiger partial charge in [0.15, 0.2) is 5.82 Å². The molecule has 31 heavy (non-hydrogen) atoms. The van der Waals surface area contributed by atoms with Crippen molar-refractivity contribution in [1.82, 2.24) is 19.9 Å². The van der Waals surface area contributed by atoms with Gasteiger partial charge in [-0.2, -0.15) is 4.98 Å². The van der Waals surface area contributed by atoms with Gasteiger partial charge in [0.25, 0.3) is 5.91 Å². The molecule has 0 saturated heterocycles. The van der Waals surface area contributed by atoms with Crippen LogP contribution in [0.1, 0.15) is 15.9 Å². The molecule has 1 aliphatic heterocycles. The SMILES string of the molecule is O=C(Nc1ncc(Nc2ncnc3c2NCc2ccccc2O3)cn1)c1ccccc1. The number of fused-ring (bicyclic) bond motifs is 2. The van der Waals surface area contributed by atoms with E-state index in [-0.39, 0.29) is 11.9 Å². The van der Waals surface area contributed by atoms with Crippen LogP contribution < -0.4 is 20.7 Å². The molecule has 0 spiro atoms. The van der Waals surface area contributed by atoms with Gasteiger partial charge in [-0.05, 0) is 18.2 Å². The van der Waals surface area contributed by atoms with E-state index in [0.717, 1.165) is 11.3 Å². The Morgan fingerprint density at radius 1 is 0.935 bits per heavy atom. The first kappa shape index (κ1) is 18.5. The highest BCUT2D eigenvalue weighted by molar-refractivity contribution is 6.03. The molecule has 5 rings (SSSR count). The fraction of sp³-hybridized carbons (Fsp3) is 0.0455. The van der Waals surface area contributed by atoms with E-state index in [9.17, 15) is 4.79 Å². The maximum absolute atomic E-state index is 12.2. The van der Waals surface area contributed by atoms with Crippen molar-refractivity contribution in [3.63, 3.8) is 0 Å². The smallest absolute Gasteiger partial charge is 0.258 e. The molecule has 1 amide bonds. The van der Waals surface area contributed by atoms with Crippen molar-refractivity contribution in [2.45, 2.75) is 6.54 Å². The number of carbonyl (C=O) groups excluding carboxylic acids is 1. The van der Waals surface area contributed by atoms with Gasteiger partial charge in [-0.15, -0.1) is 0 Å². The maximum Gasteiger partial charge on any atom is 0.258 e.